The average molecular weight is 227 g/mol. The van der Waals surface area contributed by atoms with Gasteiger partial charge in [-0.15, -0.1) is 0 Å². The molecule has 0 atom stereocenters. The van der Waals surface area contributed by atoms with E-state index < -0.39 is 0 Å². The summed E-state index contributed by atoms with van der Waals surface area (Å²) in [6.45, 7) is 8.11. The van der Waals surface area contributed by atoms with Crippen LogP contribution in [-0.2, 0) is 4.79 Å². The lowest BCUT2D eigenvalue weighted by Crippen LogP contribution is -2.24. The molecule has 2 nitrogen and oxygen atoms in total. The second-order valence-electron chi connectivity index (χ2n) is 4.63. The van der Waals surface area contributed by atoms with Crippen molar-refractivity contribution in [3.63, 3.8) is 0 Å². The van der Waals surface area contributed by atoms with Crippen molar-refractivity contribution in [3.8, 4) is 0 Å². The molecule has 16 heavy (non-hydrogen) atoms. The summed E-state index contributed by atoms with van der Waals surface area (Å²) in [6, 6.07) is 0. The van der Waals surface area contributed by atoms with Crippen molar-refractivity contribution in [1.82, 2.24) is 4.90 Å². The zero-order chi connectivity index (χ0) is 12.2. The molecule has 0 unspecified atom stereocenters. The molecule has 0 bridgehead atoms. The number of hydrogen-bond acceptors (Lipinski definition) is 1. The lowest BCUT2D eigenvalue weighted by Gasteiger charge is -2.10. The maximum Gasteiger partial charge on any atom is 0.219 e. The number of unbranched alkanes of at least 4 members (excludes halogenated alkanes) is 5. The second-order valence-corrected chi connectivity index (χ2v) is 4.63. The molecule has 0 aliphatic carbocycles. The molecule has 1 amide bonds. The fraction of sp³-hybridized carbons (Fsp3) is 0.929. The van der Waals surface area contributed by atoms with E-state index in [0.717, 1.165) is 13.1 Å². The van der Waals surface area contributed by atoms with Crippen molar-refractivity contribution in [1.29, 1.82) is 0 Å². The maximum atomic E-state index is 10.6. The van der Waals surface area contributed by atoms with E-state index in [1.807, 2.05) is 4.90 Å². The van der Waals surface area contributed by atoms with Crippen molar-refractivity contribution in [2.45, 2.75) is 72.1 Å². The molecular formula is C14H29NO. The third-order valence-corrected chi connectivity index (χ3v) is 3.01. The minimum absolute atomic E-state index is 0.225. The Balaban J connectivity index is 0.000000281. The SMILES string of the molecule is CC(=O)N1CCCC1.CCCCCCCC. The highest BCUT2D eigenvalue weighted by atomic mass is 16.2. The van der Waals surface area contributed by atoms with Gasteiger partial charge in [-0.05, 0) is 12.8 Å². The normalized spacial score (nSPS) is 14.6. The van der Waals surface area contributed by atoms with Gasteiger partial charge >= 0.3 is 0 Å². The van der Waals surface area contributed by atoms with Gasteiger partial charge in [0, 0.05) is 20.0 Å². The van der Waals surface area contributed by atoms with Crippen molar-refractivity contribution in [3.05, 3.63) is 0 Å². The van der Waals surface area contributed by atoms with E-state index in [4.69, 9.17) is 0 Å². The van der Waals surface area contributed by atoms with Crippen LogP contribution in [0, 0.1) is 0 Å². The Labute approximate surface area is 101 Å². The van der Waals surface area contributed by atoms with E-state index >= 15 is 0 Å². The van der Waals surface area contributed by atoms with Gasteiger partial charge < -0.3 is 4.90 Å². The molecule has 1 aliphatic rings. The van der Waals surface area contributed by atoms with Gasteiger partial charge in [0.15, 0.2) is 0 Å². The van der Waals surface area contributed by atoms with Crippen LogP contribution in [0.15, 0.2) is 0 Å². The highest BCUT2D eigenvalue weighted by Crippen LogP contribution is 2.06. The number of amides is 1. The zero-order valence-corrected chi connectivity index (χ0v) is 11.4. The van der Waals surface area contributed by atoms with Crippen LogP contribution in [0.25, 0.3) is 0 Å². The molecule has 0 aromatic carbocycles. The molecule has 0 aromatic rings. The molecular weight excluding hydrogens is 198 g/mol. The number of hydrogen-bond donors (Lipinski definition) is 0. The summed E-state index contributed by atoms with van der Waals surface area (Å²) < 4.78 is 0. The van der Waals surface area contributed by atoms with E-state index in [1.54, 1.807) is 6.92 Å². The van der Waals surface area contributed by atoms with E-state index in [9.17, 15) is 4.79 Å². The van der Waals surface area contributed by atoms with E-state index in [-0.39, 0.29) is 5.91 Å². The Morgan fingerprint density at radius 2 is 1.38 bits per heavy atom. The lowest BCUT2D eigenvalue weighted by atomic mass is 10.1. The number of rotatable bonds is 5. The molecule has 0 radical (unpaired) electrons. The van der Waals surface area contributed by atoms with Gasteiger partial charge in [-0.2, -0.15) is 0 Å². The third-order valence-electron chi connectivity index (χ3n) is 3.01. The number of carbonyl (C=O) groups excluding carboxylic acids is 1. The number of carbonyl (C=O) groups is 1. The van der Waals surface area contributed by atoms with Crippen LogP contribution in [-0.4, -0.2) is 23.9 Å². The molecule has 0 spiro atoms. The van der Waals surface area contributed by atoms with Crippen molar-refractivity contribution >= 4 is 5.91 Å². The molecule has 2 heteroatoms. The quantitative estimate of drug-likeness (QED) is 0.650. The van der Waals surface area contributed by atoms with E-state index in [0.29, 0.717) is 0 Å². The molecule has 1 rings (SSSR count). The monoisotopic (exact) mass is 227 g/mol. The first kappa shape index (κ1) is 15.5. The van der Waals surface area contributed by atoms with Gasteiger partial charge in [-0.1, -0.05) is 52.4 Å². The summed E-state index contributed by atoms with van der Waals surface area (Å²) in [5.41, 5.74) is 0. The smallest absolute Gasteiger partial charge is 0.219 e. The standard InChI is InChI=1S/C8H18.C6H11NO/c1-3-5-7-8-6-4-2;1-6(8)7-4-2-3-5-7/h3-8H2,1-2H3;2-5H2,1H3. The topological polar surface area (TPSA) is 20.3 Å². The van der Waals surface area contributed by atoms with Gasteiger partial charge in [0.2, 0.25) is 5.91 Å². The van der Waals surface area contributed by atoms with Crippen LogP contribution in [0.1, 0.15) is 72.1 Å². The van der Waals surface area contributed by atoms with Crippen LogP contribution >= 0.6 is 0 Å². The maximum absolute atomic E-state index is 10.6. The molecule has 1 heterocycles. The lowest BCUT2D eigenvalue weighted by molar-refractivity contribution is -0.127. The largest absolute Gasteiger partial charge is 0.343 e. The zero-order valence-electron chi connectivity index (χ0n) is 11.4. The highest BCUT2D eigenvalue weighted by Gasteiger charge is 2.12. The highest BCUT2D eigenvalue weighted by molar-refractivity contribution is 5.73. The molecule has 1 saturated heterocycles. The molecule has 0 saturated carbocycles. The molecule has 1 aliphatic heterocycles. The van der Waals surface area contributed by atoms with E-state index in [2.05, 4.69) is 13.8 Å². The van der Waals surface area contributed by atoms with Crippen LogP contribution < -0.4 is 0 Å². The van der Waals surface area contributed by atoms with Gasteiger partial charge in [0.25, 0.3) is 0 Å². The first-order valence-corrected chi connectivity index (χ1v) is 6.97. The second kappa shape index (κ2) is 11.0. The average Bonchev–Trinajstić information content (AvgIpc) is 2.79. The fourth-order valence-electron chi connectivity index (χ4n) is 1.89. The van der Waals surface area contributed by atoms with E-state index in [1.165, 1.54) is 51.4 Å². The summed E-state index contributed by atoms with van der Waals surface area (Å²) in [4.78, 5) is 12.5. The van der Waals surface area contributed by atoms with Crippen LogP contribution in [0.3, 0.4) is 0 Å². The Hall–Kier alpha value is -0.530. The number of likely N-dealkylation sites (tertiary alicyclic amines) is 1. The third kappa shape index (κ3) is 8.75. The van der Waals surface area contributed by atoms with Crippen molar-refractivity contribution in [2.75, 3.05) is 13.1 Å². The molecule has 0 N–H and O–H groups in total. The summed E-state index contributed by atoms with van der Waals surface area (Å²) in [5.74, 6) is 0.225. The van der Waals surface area contributed by atoms with Gasteiger partial charge in [0.1, 0.15) is 0 Å². The fourth-order valence-corrected chi connectivity index (χ4v) is 1.89. The predicted molar refractivity (Wildman–Crippen MR) is 70.5 cm³/mol. The summed E-state index contributed by atoms with van der Waals surface area (Å²) in [7, 11) is 0. The van der Waals surface area contributed by atoms with Gasteiger partial charge in [-0.3, -0.25) is 4.79 Å². The Bertz CT molecular complexity index is 156. The van der Waals surface area contributed by atoms with Crippen LogP contribution in [0.4, 0.5) is 0 Å². The minimum atomic E-state index is 0.225. The summed E-state index contributed by atoms with van der Waals surface area (Å²) in [6.07, 6.45) is 10.9. The molecule has 1 fully saturated rings. The predicted octanol–water partition coefficient (Wildman–Crippen LogP) is 4.00. The van der Waals surface area contributed by atoms with Crippen LogP contribution in [0.5, 0.6) is 0 Å². The molecule has 96 valence electrons. The van der Waals surface area contributed by atoms with Gasteiger partial charge in [0.05, 0.1) is 0 Å². The number of nitrogens with zero attached hydrogens (tertiary/aromatic N) is 1. The summed E-state index contributed by atoms with van der Waals surface area (Å²) >= 11 is 0. The Kier molecular flexibility index (Phi) is 10.6. The van der Waals surface area contributed by atoms with Crippen molar-refractivity contribution in [2.24, 2.45) is 0 Å². The first-order chi connectivity index (χ1) is 7.72. The summed E-state index contributed by atoms with van der Waals surface area (Å²) in [5, 5.41) is 0. The Morgan fingerprint density at radius 1 is 0.938 bits per heavy atom. The Morgan fingerprint density at radius 3 is 1.62 bits per heavy atom. The minimum Gasteiger partial charge on any atom is -0.343 e. The van der Waals surface area contributed by atoms with Crippen LogP contribution in [0.2, 0.25) is 0 Å². The first-order valence-electron chi connectivity index (χ1n) is 6.97. The van der Waals surface area contributed by atoms with Gasteiger partial charge in [-0.25, -0.2) is 0 Å². The molecule has 0 aromatic heterocycles. The van der Waals surface area contributed by atoms with Crippen molar-refractivity contribution < 1.29 is 4.79 Å².